The highest BCUT2D eigenvalue weighted by Crippen LogP contribution is 2.26. The lowest BCUT2D eigenvalue weighted by Crippen LogP contribution is -2.16. The Morgan fingerprint density at radius 1 is 1.16 bits per heavy atom. The Morgan fingerprint density at radius 3 is 2.44 bits per heavy atom. The van der Waals surface area contributed by atoms with Crippen LogP contribution in [0.3, 0.4) is 0 Å². The van der Waals surface area contributed by atoms with Gasteiger partial charge in [-0.1, -0.05) is 32.9 Å². The van der Waals surface area contributed by atoms with Crippen LogP contribution < -0.4 is 9.46 Å². The van der Waals surface area contributed by atoms with E-state index < -0.39 is 10.0 Å². The smallest absolute Gasteiger partial charge is 0.261 e. The summed E-state index contributed by atoms with van der Waals surface area (Å²) in [5.41, 5.74) is 1.35. The molecule has 3 rings (SSSR count). The van der Waals surface area contributed by atoms with E-state index in [1.54, 1.807) is 42.5 Å². The number of hydrogen-bond acceptors (Lipinski definition) is 4. The number of anilines is 1. The molecule has 0 aromatic heterocycles. The van der Waals surface area contributed by atoms with E-state index in [-0.39, 0.29) is 16.4 Å². The van der Waals surface area contributed by atoms with Crippen LogP contribution in [0.1, 0.15) is 26.3 Å². The summed E-state index contributed by atoms with van der Waals surface area (Å²) >= 11 is 0. The van der Waals surface area contributed by atoms with Crippen molar-refractivity contribution in [2.45, 2.75) is 37.2 Å². The van der Waals surface area contributed by atoms with Gasteiger partial charge < -0.3 is 9.47 Å². The van der Waals surface area contributed by atoms with Crippen molar-refractivity contribution in [1.29, 1.82) is 0 Å². The van der Waals surface area contributed by atoms with Gasteiger partial charge in [-0.25, -0.2) is 8.42 Å². The zero-order valence-corrected chi connectivity index (χ0v) is 15.5. The molecule has 1 atom stereocenters. The van der Waals surface area contributed by atoms with E-state index in [4.69, 9.17) is 9.47 Å². The second kappa shape index (κ2) is 6.69. The predicted octanol–water partition coefficient (Wildman–Crippen LogP) is 3.56. The van der Waals surface area contributed by atoms with Gasteiger partial charge in [-0.15, -0.1) is 0 Å². The molecule has 1 aliphatic rings. The van der Waals surface area contributed by atoms with Gasteiger partial charge in [0.2, 0.25) is 0 Å². The van der Waals surface area contributed by atoms with E-state index in [9.17, 15) is 8.42 Å². The summed E-state index contributed by atoms with van der Waals surface area (Å²) in [5.74, 6) is 0.688. The van der Waals surface area contributed by atoms with Gasteiger partial charge in [0, 0.05) is 5.69 Å². The molecule has 0 amide bonds. The molecule has 1 unspecified atom stereocenters. The zero-order valence-electron chi connectivity index (χ0n) is 14.7. The summed E-state index contributed by atoms with van der Waals surface area (Å²) in [7, 11) is -3.64. The van der Waals surface area contributed by atoms with Gasteiger partial charge in [0.05, 0.1) is 11.5 Å². The van der Waals surface area contributed by atoms with Crippen LogP contribution in [0.4, 0.5) is 5.69 Å². The van der Waals surface area contributed by atoms with Crippen LogP contribution in [-0.4, -0.2) is 27.7 Å². The molecule has 0 bridgehead atoms. The third kappa shape index (κ3) is 4.74. The van der Waals surface area contributed by atoms with Gasteiger partial charge >= 0.3 is 0 Å². The lowest BCUT2D eigenvalue weighted by atomic mass is 9.87. The minimum atomic E-state index is -3.64. The van der Waals surface area contributed by atoms with E-state index in [0.29, 0.717) is 18.0 Å². The van der Waals surface area contributed by atoms with Crippen molar-refractivity contribution in [3.05, 3.63) is 54.1 Å². The maximum atomic E-state index is 12.6. The zero-order chi connectivity index (χ0) is 18.1. The van der Waals surface area contributed by atoms with Gasteiger partial charge in [0.25, 0.3) is 10.0 Å². The minimum Gasteiger partial charge on any atom is -0.491 e. The second-order valence-electron chi connectivity index (χ2n) is 7.17. The molecule has 0 aliphatic carbocycles. The molecule has 0 radical (unpaired) electrons. The standard InChI is InChI=1S/C19H23NO4S/c1-19(2,3)14-5-4-6-18(11-14)25(21,22)20-15-7-9-16(10-8-15)23-12-17-13-24-17/h4-11,17,20H,12-13H2,1-3H3. The van der Waals surface area contributed by atoms with E-state index in [2.05, 4.69) is 25.5 Å². The average molecular weight is 361 g/mol. The molecular formula is C19H23NO4S. The second-order valence-corrected chi connectivity index (χ2v) is 8.86. The highest BCUT2D eigenvalue weighted by Gasteiger charge is 2.23. The molecule has 25 heavy (non-hydrogen) atoms. The first-order valence-corrected chi connectivity index (χ1v) is 9.70. The molecule has 1 aliphatic heterocycles. The van der Waals surface area contributed by atoms with Crippen LogP contribution in [0.25, 0.3) is 0 Å². The Labute approximate surface area is 149 Å². The first-order valence-electron chi connectivity index (χ1n) is 8.22. The van der Waals surface area contributed by atoms with E-state index in [1.165, 1.54) is 0 Å². The number of nitrogens with one attached hydrogen (secondary N) is 1. The Bertz CT molecular complexity index is 834. The number of benzene rings is 2. The lowest BCUT2D eigenvalue weighted by Gasteiger charge is -2.20. The van der Waals surface area contributed by atoms with Crippen LogP contribution in [0.15, 0.2) is 53.4 Å². The third-order valence-electron chi connectivity index (χ3n) is 3.96. The average Bonchev–Trinajstić information content (AvgIpc) is 3.38. The van der Waals surface area contributed by atoms with Gasteiger partial charge in [0.15, 0.2) is 0 Å². The van der Waals surface area contributed by atoms with Crippen molar-refractivity contribution in [1.82, 2.24) is 0 Å². The molecular weight excluding hydrogens is 338 g/mol. The summed E-state index contributed by atoms with van der Waals surface area (Å²) in [5, 5.41) is 0. The Hall–Kier alpha value is -2.05. The molecule has 1 N–H and O–H groups in total. The van der Waals surface area contributed by atoms with Gasteiger partial charge in [-0.05, 0) is 47.4 Å². The highest BCUT2D eigenvalue weighted by atomic mass is 32.2. The van der Waals surface area contributed by atoms with Crippen molar-refractivity contribution in [3.63, 3.8) is 0 Å². The summed E-state index contributed by atoms with van der Waals surface area (Å²) < 4.78 is 38.5. The number of rotatable bonds is 6. The molecule has 5 nitrogen and oxygen atoms in total. The SMILES string of the molecule is CC(C)(C)c1cccc(S(=O)(=O)Nc2ccc(OCC3CO3)cc2)c1. The first kappa shape index (κ1) is 17.8. The molecule has 0 spiro atoms. The summed E-state index contributed by atoms with van der Waals surface area (Å²) in [6.45, 7) is 7.42. The maximum Gasteiger partial charge on any atom is 0.261 e. The Morgan fingerprint density at radius 2 is 1.84 bits per heavy atom. The van der Waals surface area contributed by atoms with Gasteiger partial charge in [-0.3, -0.25) is 4.72 Å². The summed E-state index contributed by atoms with van der Waals surface area (Å²) in [6.07, 6.45) is 0.188. The van der Waals surface area contributed by atoms with Gasteiger partial charge in [0.1, 0.15) is 18.5 Å². The quantitative estimate of drug-likeness (QED) is 0.799. The Balaban J connectivity index is 1.72. The molecule has 6 heteroatoms. The fourth-order valence-corrected chi connectivity index (χ4v) is 3.42. The lowest BCUT2D eigenvalue weighted by molar-refractivity contribution is 0.263. The van der Waals surface area contributed by atoms with Crippen molar-refractivity contribution in [3.8, 4) is 5.75 Å². The molecule has 2 aromatic carbocycles. The van der Waals surface area contributed by atoms with Crippen molar-refractivity contribution >= 4 is 15.7 Å². The predicted molar refractivity (Wildman–Crippen MR) is 97.6 cm³/mol. The normalized spacial score (nSPS) is 17.2. The molecule has 134 valence electrons. The monoisotopic (exact) mass is 361 g/mol. The van der Waals surface area contributed by atoms with Crippen LogP contribution in [0.5, 0.6) is 5.75 Å². The van der Waals surface area contributed by atoms with Crippen molar-refractivity contribution in [2.24, 2.45) is 0 Å². The Kier molecular flexibility index (Phi) is 4.75. The fraction of sp³-hybridized carbons (Fsp3) is 0.368. The van der Waals surface area contributed by atoms with Crippen molar-refractivity contribution in [2.75, 3.05) is 17.9 Å². The van der Waals surface area contributed by atoms with Crippen LogP contribution in [-0.2, 0) is 20.2 Å². The van der Waals surface area contributed by atoms with Crippen LogP contribution >= 0.6 is 0 Å². The van der Waals surface area contributed by atoms with Gasteiger partial charge in [-0.2, -0.15) is 0 Å². The van der Waals surface area contributed by atoms with Crippen LogP contribution in [0.2, 0.25) is 0 Å². The molecule has 0 saturated carbocycles. The topological polar surface area (TPSA) is 67.9 Å². The number of epoxide rings is 1. The van der Waals surface area contributed by atoms with Crippen molar-refractivity contribution < 1.29 is 17.9 Å². The highest BCUT2D eigenvalue weighted by molar-refractivity contribution is 7.92. The summed E-state index contributed by atoms with van der Waals surface area (Å²) in [6, 6.07) is 13.9. The van der Waals surface area contributed by atoms with E-state index in [1.807, 2.05) is 6.07 Å². The minimum absolute atomic E-state index is 0.115. The summed E-state index contributed by atoms with van der Waals surface area (Å²) in [4.78, 5) is 0.256. The number of sulfonamides is 1. The third-order valence-corrected chi connectivity index (χ3v) is 5.33. The number of ether oxygens (including phenoxy) is 2. The molecule has 2 aromatic rings. The maximum absolute atomic E-state index is 12.6. The van der Waals surface area contributed by atoms with Crippen LogP contribution in [0, 0.1) is 0 Å². The molecule has 1 heterocycles. The molecule has 1 saturated heterocycles. The number of hydrogen-bond donors (Lipinski definition) is 1. The van der Waals surface area contributed by atoms with E-state index in [0.717, 1.165) is 12.2 Å². The fourth-order valence-electron chi connectivity index (χ4n) is 2.32. The van der Waals surface area contributed by atoms with E-state index >= 15 is 0 Å². The molecule has 1 fully saturated rings. The largest absolute Gasteiger partial charge is 0.491 e. The first-order chi connectivity index (χ1) is 11.7.